The van der Waals surface area contributed by atoms with Crippen molar-refractivity contribution < 1.29 is 19.1 Å². The van der Waals surface area contributed by atoms with E-state index in [1.807, 2.05) is 36.4 Å². The average Bonchev–Trinajstić information content (AvgIpc) is 2.66. The van der Waals surface area contributed by atoms with Crippen LogP contribution >= 0.6 is 11.9 Å². The largest absolute Gasteiger partial charge is 0.479 e. The molecule has 1 aliphatic heterocycles. The predicted octanol–water partition coefficient (Wildman–Crippen LogP) is 4.10. The van der Waals surface area contributed by atoms with Crippen LogP contribution in [0.15, 0.2) is 53.4 Å². The van der Waals surface area contributed by atoms with Crippen molar-refractivity contribution in [3.63, 3.8) is 0 Å². The van der Waals surface area contributed by atoms with Gasteiger partial charge >= 0.3 is 12.0 Å². The fraction of sp³-hybridized carbons (Fsp3) is 0.263. The fourth-order valence-corrected chi connectivity index (χ4v) is 3.57. The number of hydrogen-bond donors (Lipinski definition) is 0. The number of rotatable bonds is 5. The molecular weight excluding hydrogens is 352 g/mol. The average molecular weight is 372 g/mol. The Morgan fingerprint density at radius 1 is 1.19 bits per heavy atom. The highest BCUT2D eigenvalue weighted by Gasteiger charge is 2.30. The van der Waals surface area contributed by atoms with E-state index >= 15 is 0 Å². The molecule has 0 spiro atoms. The molecule has 0 fully saturated rings. The highest BCUT2D eigenvalue weighted by Crippen LogP contribution is 2.42. The summed E-state index contributed by atoms with van der Waals surface area (Å²) in [5, 5.41) is 0. The minimum absolute atomic E-state index is 0.149. The molecule has 26 heavy (non-hydrogen) atoms. The number of nitrogens with zero attached hydrogens (tertiary/aromatic N) is 2. The molecule has 1 atom stereocenters. The SMILES string of the molecule is CCOC(=O)[C@@H](C)Oc1ccc2c(c1)N(C)C(=O)N(c1ccccc1)S2. The van der Waals surface area contributed by atoms with Crippen LogP contribution in [0.4, 0.5) is 16.2 Å². The number of carbonyl (C=O) groups is 2. The van der Waals surface area contributed by atoms with E-state index in [1.165, 1.54) is 11.9 Å². The number of benzene rings is 2. The Morgan fingerprint density at radius 3 is 2.62 bits per heavy atom. The van der Waals surface area contributed by atoms with Gasteiger partial charge in [0.25, 0.3) is 0 Å². The van der Waals surface area contributed by atoms with Gasteiger partial charge in [-0.2, -0.15) is 0 Å². The van der Waals surface area contributed by atoms with E-state index in [0.29, 0.717) is 12.4 Å². The third-order valence-electron chi connectivity index (χ3n) is 3.86. The van der Waals surface area contributed by atoms with Gasteiger partial charge < -0.3 is 9.47 Å². The molecule has 1 aliphatic rings. The number of anilines is 2. The summed E-state index contributed by atoms with van der Waals surface area (Å²) in [4.78, 5) is 27.0. The lowest BCUT2D eigenvalue weighted by atomic mass is 10.2. The van der Waals surface area contributed by atoms with Crippen molar-refractivity contribution in [1.82, 2.24) is 0 Å². The molecule has 0 N–H and O–H groups in total. The maximum absolute atomic E-state index is 12.7. The molecule has 0 saturated carbocycles. The number of amides is 2. The van der Waals surface area contributed by atoms with Crippen molar-refractivity contribution in [3.8, 4) is 5.75 Å². The Hall–Kier alpha value is -2.67. The van der Waals surface area contributed by atoms with Crippen LogP contribution in [0.5, 0.6) is 5.75 Å². The van der Waals surface area contributed by atoms with E-state index in [2.05, 4.69) is 0 Å². The predicted molar refractivity (Wildman–Crippen MR) is 102 cm³/mol. The molecule has 6 nitrogen and oxygen atoms in total. The first-order valence-corrected chi connectivity index (χ1v) is 9.06. The first-order valence-electron chi connectivity index (χ1n) is 8.29. The van der Waals surface area contributed by atoms with Gasteiger partial charge in [0.05, 0.1) is 22.9 Å². The molecule has 0 unspecified atom stereocenters. The monoisotopic (exact) mass is 372 g/mol. The second-order valence-corrected chi connectivity index (χ2v) is 6.69. The first-order chi connectivity index (χ1) is 12.5. The van der Waals surface area contributed by atoms with E-state index in [4.69, 9.17) is 9.47 Å². The third kappa shape index (κ3) is 3.62. The first kappa shape index (κ1) is 18.1. The van der Waals surface area contributed by atoms with E-state index in [0.717, 1.165) is 16.3 Å². The highest BCUT2D eigenvalue weighted by atomic mass is 32.2. The number of hydrogen-bond acceptors (Lipinski definition) is 5. The molecule has 0 radical (unpaired) electrons. The van der Waals surface area contributed by atoms with Crippen LogP contribution in [-0.2, 0) is 9.53 Å². The Labute approximate surface area is 156 Å². The van der Waals surface area contributed by atoms with Crippen molar-refractivity contribution in [2.75, 3.05) is 22.9 Å². The molecule has 2 amide bonds. The second kappa shape index (κ2) is 7.70. The maximum Gasteiger partial charge on any atom is 0.347 e. The van der Waals surface area contributed by atoms with Crippen LogP contribution in [0.1, 0.15) is 13.8 Å². The number of carbonyl (C=O) groups excluding carboxylic acids is 2. The van der Waals surface area contributed by atoms with Gasteiger partial charge in [-0.1, -0.05) is 18.2 Å². The molecular formula is C19H20N2O4S. The van der Waals surface area contributed by atoms with Gasteiger partial charge in [0, 0.05) is 13.1 Å². The molecule has 0 bridgehead atoms. The van der Waals surface area contributed by atoms with E-state index in [9.17, 15) is 9.59 Å². The lowest BCUT2D eigenvalue weighted by molar-refractivity contribution is -0.150. The van der Waals surface area contributed by atoms with Crippen LogP contribution < -0.4 is 13.9 Å². The number of urea groups is 1. The van der Waals surface area contributed by atoms with Crippen molar-refractivity contribution in [2.24, 2.45) is 0 Å². The lowest BCUT2D eigenvalue weighted by Crippen LogP contribution is -2.40. The number of para-hydroxylation sites is 1. The molecule has 2 aromatic carbocycles. The van der Waals surface area contributed by atoms with Crippen LogP contribution in [0.2, 0.25) is 0 Å². The van der Waals surface area contributed by atoms with Gasteiger partial charge in [0.15, 0.2) is 6.10 Å². The smallest absolute Gasteiger partial charge is 0.347 e. The van der Waals surface area contributed by atoms with Crippen LogP contribution in [0.25, 0.3) is 0 Å². The number of esters is 1. The van der Waals surface area contributed by atoms with Gasteiger partial charge in [0.2, 0.25) is 0 Å². The fourth-order valence-electron chi connectivity index (χ4n) is 2.52. The molecule has 0 aliphatic carbocycles. The molecule has 7 heteroatoms. The van der Waals surface area contributed by atoms with Crippen molar-refractivity contribution in [2.45, 2.75) is 24.8 Å². The lowest BCUT2D eigenvalue weighted by Gasteiger charge is -2.33. The Balaban J connectivity index is 1.82. The van der Waals surface area contributed by atoms with Gasteiger partial charge in [-0.15, -0.1) is 0 Å². The summed E-state index contributed by atoms with van der Waals surface area (Å²) in [6.45, 7) is 3.69. The quantitative estimate of drug-likeness (QED) is 0.584. The van der Waals surface area contributed by atoms with E-state index in [-0.39, 0.29) is 6.03 Å². The molecule has 3 rings (SSSR count). The minimum atomic E-state index is -0.717. The van der Waals surface area contributed by atoms with Crippen LogP contribution in [0.3, 0.4) is 0 Å². The summed E-state index contributed by atoms with van der Waals surface area (Å²) in [5.74, 6) is 0.0944. The number of ether oxygens (including phenoxy) is 2. The maximum atomic E-state index is 12.7. The van der Waals surface area contributed by atoms with Crippen molar-refractivity contribution >= 4 is 35.3 Å². The van der Waals surface area contributed by atoms with E-state index < -0.39 is 12.1 Å². The third-order valence-corrected chi connectivity index (χ3v) is 4.96. The molecule has 136 valence electrons. The van der Waals surface area contributed by atoms with Gasteiger partial charge in [-0.05, 0) is 50.1 Å². The van der Waals surface area contributed by atoms with E-state index in [1.54, 1.807) is 42.2 Å². The molecule has 2 aromatic rings. The van der Waals surface area contributed by atoms with Crippen molar-refractivity contribution in [3.05, 3.63) is 48.5 Å². The number of fused-ring (bicyclic) bond motifs is 1. The van der Waals surface area contributed by atoms with Crippen molar-refractivity contribution in [1.29, 1.82) is 0 Å². The van der Waals surface area contributed by atoms with Crippen LogP contribution in [-0.4, -0.2) is 31.8 Å². The van der Waals surface area contributed by atoms with Crippen LogP contribution in [0, 0.1) is 0 Å². The van der Waals surface area contributed by atoms with Gasteiger partial charge in [-0.3, -0.25) is 4.90 Å². The van der Waals surface area contributed by atoms with Gasteiger partial charge in [-0.25, -0.2) is 13.9 Å². The minimum Gasteiger partial charge on any atom is -0.479 e. The standard InChI is InChI=1S/C19H20N2O4S/c1-4-24-18(22)13(2)25-15-10-11-17-16(12-15)20(3)19(23)21(26-17)14-8-6-5-7-9-14/h5-13H,4H2,1-3H3/t13-/m1/s1. The highest BCUT2D eigenvalue weighted by molar-refractivity contribution is 8.01. The normalized spacial score (nSPS) is 14.7. The summed E-state index contributed by atoms with van der Waals surface area (Å²) in [7, 11) is 1.72. The van der Waals surface area contributed by atoms with Gasteiger partial charge in [0.1, 0.15) is 5.75 Å². The summed E-state index contributed by atoms with van der Waals surface area (Å²) < 4.78 is 12.2. The second-order valence-electron chi connectivity index (χ2n) is 5.70. The molecule has 1 heterocycles. The topological polar surface area (TPSA) is 59.1 Å². The zero-order valence-corrected chi connectivity index (χ0v) is 15.7. The Bertz CT molecular complexity index is 812. The zero-order valence-electron chi connectivity index (χ0n) is 14.8. The molecule has 0 saturated heterocycles. The summed E-state index contributed by atoms with van der Waals surface area (Å²) >= 11 is 1.36. The summed E-state index contributed by atoms with van der Waals surface area (Å²) in [6, 6.07) is 14.8. The summed E-state index contributed by atoms with van der Waals surface area (Å²) in [5.41, 5.74) is 1.55. The Kier molecular flexibility index (Phi) is 5.37. The zero-order chi connectivity index (χ0) is 18.7. The Morgan fingerprint density at radius 2 is 1.92 bits per heavy atom. The summed E-state index contributed by atoms with van der Waals surface area (Å²) in [6.07, 6.45) is -0.717. The molecule has 0 aromatic heterocycles.